The van der Waals surface area contributed by atoms with Gasteiger partial charge in [-0.05, 0) is 48.5 Å². The van der Waals surface area contributed by atoms with Crippen LogP contribution in [0.25, 0.3) is 11.0 Å². The second kappa shape index (κ2) is 8.11. The van der Waals surface area contributed by atoms with E-state index in [4.69, 9.17) is 4.74 Å². The first-order valence-corrected chi connectivity index (χ1v) is 10.8. The van der Waals surface area contributed by atoms with E-state index in [2.05, 4.69) is 15.3 Å². The molecule has 0 aliphatic carbocycles. The van der Waals surface area contributed by atoms with Crippen LogP contribution in [-0.2, 0) is 10.0 Å². The van der Waals surface area contributed by atoms with Crippen molar-refractivity contribution in [1.29, 1.82) is 0 Å². The van der Waals surface area contributed by atoms with Gasteiger partial charge in [0, 0.05) is 12.6 Å². The number of amides is 1. The molecule has 3 aromatic carbocycles. The molecular formula is C22H20N4O4S. The molecule has 1 amide bonds. The van der Waals surface area contributed by atoms with Gasteiger partial charge >= 0.3 is 0 Å². The highest BCUT2D eigenvalue weighted by Crippen LogP contribution is 2.30. The lowest BCUT2D eigenvalue weighted by molar-refractivity contribution is 0.102. The van der Waals surface area contributed by atoms with Crippen LogP contribution in [0.2, 0.25) is 0 Å². The lowest BCUT2D eigenvalue weighted by Crippen LogP contribution is -2.27. The van der Waals surface area contributed by atoms with Gasteiger partial charge in [0.05, 0.1) is 28.7 Å². The van der Waals surface area contributed by atoms with Crippen LogP contribution in [0.3, 0.4) is 0 Å². The maximum absolute atomic E-state index is 13.0. The lowest BCUT2D eigenvalue weighted by atomic mass is 10.2. The number of H-pyrrole nitrogens is 1. The lowest BCUT2D eigenvalue weighted by Gasteiger charge is -2.21. The van der Waals surface area contributed by atoms with Gasteiger partial charge in [0.15, 0.2) is 0 Å². The van der Waals surface area contributed by atoms with Gasteiger partial charge in [-0.15, -0.1) is 0 Å². The van der Waals surface area contributed by atoms with Crippen molar-refractivity contribution in [3.05, 3.63) is 78.4 Å². The van der Waals surface area contributed by atoms with Gasteiger partial charge < -0.3 is 9.72 Å². The molecule has 0 spiro atoms. The van der Waals surface area contributed by atoms with Gasteiger partial charge in [-0.3, -0.25) is 14.4 Å². The van der Waals surface area contributed by atoms with Gasteiger partial charge in [-0.25, -0.2) is 13.4 Å². The predicted octanol–water partition coefficient (Wildman–Crippen LogP) is 3.65. The summed E-state index contributed by atoms with van der Waals surface area (Å²) in [6, 6.07) is 20.0. The normalized spacial score (nSPS) is 11.3. The molecule has 0 fully saturated rings. The number of nitrogens with one attached hydrogen (secondary N) is 2. The number of fused-ring (bicyclic) bond motifs is 1. The van der Waals surface area contributed by atoms with Crippen LogP contribution < -0.4 is 14.4 Å². The molecule has 0 unspecified atom stereocenters. The molecule has 31 heavy (non-hydrogen) atoms. The Kier molecular flexibility index (Phi) is 5.35. The minimum atomic E-state index is -3.84. The van der Waals surface area contributed by atoms with Gasteiger partial charge in [-0.2, -0.15) is 0 Å². The number of hydrogen-bond acceptors (Lipinski definition) is 5. The summed E-state index contributed by atoms with van der Waals surface area (Å²) >= 11 is 0. The standard InChI is InChI=1S/C22H20N4O4S/c1-26(19-9-5-6-10-20(19)30-2)31(28,29)16-13-11-15(12-14-16)21(27)25-22-23-17-7-3-4-8-18(17)24-22/h3-14H,1-2H3,(H2,23,24,25,27). The quantitative estimate of drug-likeness (QED) is 0.480. The summed E-state index contributed by atoms with van der Waals surface area (Å²) in [6.07, 6.45) is 0. The Morgan fingerprint density at radius 3 is 2.39 bits per heavy atom. The number of hydrogen-bond donors (Lipinski definition) is 2. The third-order valence-electron chi connectivity index (χ3n) is 4.82. The zero-order chi connectivity index (χ0) is 22.0. The third kappa shape index (κ3) is 3.95. The van der Waals surface area contributed by atoms with Crippen LogP contribution in [-0.4, -0.2) is 38.5 Å². The number of ether oxygens (including phenoxy) is 1. The topological polar surface area (TPSA) is 104 Å². The number of imidazole rings is 1. The Balaban J connectivity index is 1.54. The summed E-state index contributed by atoms with van der Waals surface area (Å²) < 4.78 is 32.5. The fourth-order valence-electron chi connectivity index (χ4n) is 3.15. The molecule has 0 radical (unpaired) electrons. The zero-order valence-corrected chi connectivity index (χ0v) is 17.7. The summed E-state index contributed by atoms with van der Waals surface area (Å²) in [5, 5.41) is 2.69. The molecule has 9 heteroatoms. The number of anilines is 2. The number of carbonyl (C=O) groups excluding carboxylic acids is 1. The summed E-state index contributed by atoms with van der Waals surface area (Å²) in [7, 11) is -0.906. The van der Waals surface area contributed by atoms with E-state index in [1.807, 2.05) is 24.3 Å². The summed E-state index contributed by atoms with van der Waals surface area (Å²) in [4.78, 5) is 19.9. The fourth-order valence-corrected chi connectivity index (χ4v) is 4.35. The molecule has 1 aromatic heterocycles. The monoisotopic (exact) mass is 436 g/mol. The molecule has 1 heterocycles. The van der Waals surface area contributed by atoms with Crippen LogP contribution in [0.1, 0.15) is 10.4 Å². The SMILES string of the molecule is COc1ccccc1N(C)S(=O)(=O)c1ccc(C(=O)Nc2nc3ccccc3[nH]2)cc1. The van der Waals surface area contributed by atoms with E-state index in [-0.39, 0.29) is 4.90 Å². The Hall–Kier alpha value is -3.85. The smallest absolute Gasteiger partial charge is 0.264 e. The van der Waals surface area contributed by atoms with Gasteiger partial charge in [0.1, 0.15) is 5.75 Å². The van der Waals surface area contributed by atoms with Crippen molar-refractivity contribution >= 4 is 38.6 Å². The number of sulfonamides is 1. The first-order valence-electron chi connectivity index (χ1n) is 9.38. The third-order valence-corrected chi connectivity index (χ3v) is 6.61. The van der Waals surface area contributed by atoms with E-state index in [9.17, 15) is 13.2 Å². The average molecular weight is 436 g/mol. The van der Waals surface area contributed by atoms with Crippen molar-refractivity contribution in [1.82, 2.24) is 9.97 Å². The highest BCUT2D eigenvalue weighted by molar-refractivity contribution is 7.92. The van der Waals surface area contributed by atoms with E-state index < -0.39 is 15.9 Å². The Labute approximate surface area is 179 Å². The second-order valence-corrected chi connectivity index (χ2v) is 8.69. The molecular weight excluding hydrogens is 416 g/mol. The first kappa shape index (κ1) is 20.4. The van der Waals surface area contributed by atoms with E-state index in [1.165, 1.54) is 38.4 Å². The Morgan fingerprint density at radius 2 is 1.68 bits per heavy atom. The second-order valence-electron chi connectivity index (χ2n) is 6.73. The highest BCUT2D eigenvalue weighted by atomic mass is 32.2. The fraction of sp³-hybridized carbons (Fsp3) is 0.0909. The van der Waals surface area contributed by atoms with E-state index >= 15 is 0 Å². The number of rotatable bonds is 6. The molecule has 0 saturated carbocycles. The molecule has 8 nitrogen and oxygen atoms in total. The predicted molar refractivity (Wildman–Crippen MR) is 119 cm³/mol. The molecule has 0 atom stereocenters. The van der Waals surface area contributed by atoms with Crippen molar-refractivity contribution < 1.29 is 17.9 Å². The van der Waals surface area contributed by atoms with Gasteiger partial charge in [0.2, 0.25) is 5.95 Å². The molecule has 0 saturated heterocycles. The minimum absolute atomic E-state index is 0.0567. The van der Waals surface area contributed by atoms with E-state index in [0.29, 0.717) is 22.9 Å². The van der Waals surface area contributed by atoms with Gasteiger partial charge in [0.25, 0.3) is 15.9 Å². The van der Waals surface area contributed by atoms with Crippen molar-refractivity contribution in [3.63, 3.8) is 0 Å². The number of aromatic nitrogens is 2. The van der Waals surface area contributed by atoms with Crippen molar-refractivity contribution in [2.45, 2.75) is 4.90 Å². The summed E-state index contributed by atoms with van der Waals surface area (Å²) in [5.41, 5.74) is 2.26. The summed E-state index contributed by atoms with van der Waals surface area (Å²) in [5.74, 6) is 0.357. The van der Waals surface area contributed by atoms with Crippen molar-refractivity contribution in [2.75, 3.05) is 23.8 Å². The average Bonchev–Trinajstić information content (AvgIpc) is 3.20. The van der Waals surface area contributed by atoms with Crippen LogP contribution in [0.4, 0.5) is 11.6 Å². The van der Waals surface area contributed by atoms with Crippen LogP contribution in [0, 0.1) is 0 Å². The maximum atomic E-state index is 13.0. The highest BCUT2D eigenvalue weighted by Gasteiger charge is 2.24. The molecule has 0 bridgehead atoms. The number of carbonyl (C=O) groups is 1. The van der Waals surface area contributed by atoms with Crippen LogP contribution in [0.15, 0.2) is 77.7 Å². The van der Waals surface area contributed by atoms with E-state index in [1.54, 1.807) is 24.3 Å². The van der Waals surface area contributed by atoms with Crippen molar-refractivity contribution in [2.24, 2.45) is 0 Å². The zero-order valence-electron chi connectivity index (χ0n) is 16.9. The molecule has 2 N–H and O–H groups in total. The Morgan fingerprint density at radius 1 is 1.00 bits per heavy atom. The number of nitrogens with zero attached hydrogens (tertiary/aromatic N) is 2. The number of aromatic amines is 1. The maximum Gasteiger partial charge on any atom is 0.264 e. The van der Waals surface area contributed by atoms with Gasteiger partial charge in [-0.1, -0.05) is 24.3 Å². The number of benzene rings is 3. The first-order chi connectivity index (χ1) is 14.9. The molecule has 4 aromatic rings. The van der Waals surface area contributed by atoms with Crippen LogP contribution >= 0.6 is 0 Å². The minimum Gasteiger partial charge on any atom is -0.495 e. The molecule has 158 valence electrons. The number of para-hydroxylation sites is 4. The van der Waals surface area contributed by atoms with Crippen molar-refractivity contribution in [3.8, 4) is 5.75 Å². The van der Waals surface area contributed by atoms with E-state index in [0.717, 1.165) is 15.3 Å². The summed E-state index contributed by atoms with van der Waals surface area (Å²) in [6.45, 7) is 0. The van der Waals surface area contributed by atoms with Crippen LogP contribution in [0.5, 0.6) is 5.75 Å². The molecule has 0 aliphatic heterocycles. The Bertz CT molecular complexity index is 1310. The number of methoxy groups -OCH3 is 1. The molecule has 4 rings (SSSR count). The largest absolute Gasteiger partial charge is 0.495 e. The molecule has 0 aliphatic rings.